The van der Waals surface area contributed by atoms with Gasteiger partial charge in [0.15, 0.2) is 0 Å². The van der Waals surface area contributed by atoms with Crippen molar-refractivity contribution in [1.82, 2.24) is 5.48 Å². The minimum Gasteiger partial charge on any atom is -0.419 e. The van der Waals surface area contributed by atoms with Crippen LogP contribution in [0.5, 0.6) is 0 Å². The molecule has 2 aromatic carbocycles. The Bertz CT molecular complexity index is 787. The summed E-state index contributed by atoms with van der Waals surface area (Å²) in [5.41, 5.74) is 5.60. The number of halogens is 1. The molecule has 4 rings (SSSR count). The van der Waals surface area contributed by atoms with Crippen LogP contribution in [-0.4, -0.2) is 5.97 Å². The highest BCUT2D eigenvalue weighted by Crippen LogP contribution is 2.42. The van der Waals surface area contributed by atoms with E-state index in [1.807, 2.05) is 30.3 Å². The third kappa shape index (κ3) is 1.84. The number of hydrogen-bond acceptors (Lipinski definition) is 4. The van der Waals surface area contributed by atoms with E-state index in [1.165, 1.54) is 0 Å². The van der Waals surface area contributed by atoms with Crippen LogP contribution in [0.25, 0.3) is 5.70 Å². The Kier molecular flexibility index (Phi) is 2.58. The molecule has 21 heavy (non-hydrogen) atoms. The number of nitrogens with one attached hydrogen (secondary N) is 1. The van der Waals surface area contributed by atoms with Crippen LogP contribution in [0.4, 0.5) is 0 Å². The van der Waals surface area contributed by atoms with Crippen molar-refractivity contribution in [2.45, 2.75) is 5.79 Å². The Balaban J connectivity index is 1.81. The first-order chi connectivity index (χ1) is 10.2. The third-order valence-electron chi connectivity index (χ3n) is 3.55. The van der Waals surface area contributed by atoms with E-state index in [9.17, 15) is 4.79 Å². The molecule has 0 aromatic heterocycles. The van der Waals surface area contributed by atoms with E-state index in [4.69, 9.17) is 21.2 Å². The van der Waals surface area contributed by atoms with Crippen LogP contribution in [0.15, 0.2) is 54.6 Å². The number of hydrogen-bond donors (Lipinski definition) is 1. The maximum absolute atomic E-state index is 11.9. The Labute approximate surface area is 125 Å². The van der Waals surface area contributed by atoms with Crippen molar-refractivity contribution in [1.29, 1.82) is 0 Å². The third-order valence-corrected chi connectivity index (χ3v) is 3.78. The molecule has 0 radical (unpaired) electrons. The van der Waals surface area contributed by atoms with Gasteiger partial charge < -0.3 is 4.74 Å². The molecule has 1 atom stereocenters. The second-order valence-electron chi connectivity index (χ2n) is 4.88. The lowest BCUT2D eigenvalue weighted by molar-refractivity contribution is -0.181. The van der Waals surface area contributed by atoms with Gasteiger partial charge in [-0.25, -0.2) is 9.63 Å². The molecule has 0 saturated carbocycles. The van der Waals surface area contributed by atoms with Gasteiger partial charge in [0, 0.05) is 22.2 Å². The molecular weight excluding hydrogens is 290 g/mol. The predicted molar refractivity (Wildman–Crippen MR) is 77.2 cm³/mol. The van der Waals surface area contributed by atoms with Crippen LogP contribution in [-0.2, 0) is 15.4 Å². The molecule has 0 amide bonds. The van der Waals surface area contributed by atoms with Crippen molar-refractivity contribution in [3.8, 4) is 0 Å². The highest BCUT2D eigenvalue weighted by molar-refractivity contribution is 6.30. The van der Waals surface area contributed by atoms with Crippen molar-refractivity contribution < 1.29 is 14.4 Å². The summed E-state index contributed by atoms with van der Waals surface area (Å²) in [4.78, 5) is 17.5. The molecule has 0 saturated heterocycles. The maximum atomic E-state index is 11.9. The average molecular weight is 300 g/mol. The second kappa shape index (κ2) is 4.35. The van der Waals surface area contributed by atoms with Crippen LogP contribution < -0.4 is 5.48 Å². The highest BCUT2D eigenvalue weighted by Gasteiger charge is 2.49. The highest BCUT2D eigenvalue weighted by atomic mass is 35.5. The molecule has 2 aromatic rings. The average Bonchev–Trinajstić information content (AvgIpc) is 3.03. The molecule has 4 nitrogen and oxygen atoms in total. The zero-order valence-electron chi connectivity index (χ0n) is 10.8. The Morgan fingerprint density at radius 3 is 2.81 bits per heavy atom. The van der Waals surface area contributed by atoms with Gasteiger partial charge in [-0.1, -0.05) is 41.9 Å². The molecule has 2 aliphatic heterocycles. The summed E-state index contributed by atoms with van der Waals surface area (Å²) in [5, 5.41) is 0.625. The predicted octanol–water partition coefficient (Wildman–Crippen LogP) is 3.24. The number of hydroxylamine groups is 1. The zero-order chi connectivity index (χ0) is 14.4. The second-order valence-corrected chi connectivity index (χ2v) is 5.31. The van der Waals surface area contributed by atoms with E-state index in [1.54, 1.807) is 24.3 Å². The van der Waals surface area contributed by atoms with Crippen LogP contribution in [0, 0.1) is 0 Å². The number of carbonyl (C=O) groups is 1. The number of esters is 1. The Hall–Kier alpha value is -2.30. The van der Waals surface area contributed by atoms with E-state index in [-0.39, 0.29) is 0 Å². The van der Waals surface area contributed by atoms with Gasteiger partial charge in [0.1, 0.15) is 0 Å². The minimum atomic E-state index is -1.20. The minimum absolute atomic E-state index is 0.393. The number of fused-ring (bicyclic) bond motifs is 2. The molecular formula is C16H10ClNO3. The van der Waals surface area contributed by atoms with Crippen molar-refractivity contribution in [3.05, 3.63) is 76.3 Å². The molecule has 1 spiro atoms. The van der Waals surface area contributed by atoms with Crippen molar-refractivity contribution >= 4 is 23.3 Å². The number of benzene rings is 2. The summed E-state index contributed by atoms with van der Waals surface area (Å²) in [6.45, 7) is 0. The summed E-state index contributed by atoms with van der Waals surface area (Å²) in [6.07, 6.45) is 1.75. The first kappa shape index (κ1) is 12.4. The van der Waals surface area contributed by atoms with Gasteiger partial charge in [-0.2, -0.15) is 0 Å². The van der Waals surface area contributed by atoms with Gasteiger partial charge in [0.25, 0.3) is 5.79 Å². The molecule has 1 unspecified atom stereocenters. The molecule has 0 aliphatic carbocycles. The van der Waals surface area contributed by atoms with Crippen LogP contribution in [0.1, 0.15) is 21.5 Å². The summed E-state index contributed by atoms with van der Waals surface area (Å²) >= 11 is 6.00. The standard InChI is InChI=1S/C16H10ClNO3/c17-11-5-3-4-10(8-11)14-9-16(21-18-14)13-7-2-1-6-12(13)15(19)20-16/h1-9,18H. The topological polar surface area (TPSA) is 47.6 Å². The lowest BCUT2D eigenvalue weighted by Gasteiger charge is -2.18. The van der Waals surface area contributed by atoms with Crippen LogP contribution in [0.3, 0.4) is 0 Å². The Morgan fingerprint density at radius 2 is 1.95 bits per heavy atom. The lowest BCUT2D eigenvalue weighted by atomic mass is 10.0. The summed E-state index contributed by atoms with van der Waals surface area (Å²) in [5.74, 6) is -1.60. The first-order valence-corrected chi connectivity index (χ1v) is 6.81. The molecule has 0 fully saturated rings. The lowest BCUT2D eigenvalue weighted by Crippen LogP contribution is -2.26. The summed E-state index contributed by atoms with van der Waals surface area (Å²) in [7, 11) is 0. The van der Waals surface area contributed by atoms with E-state index < -0.39 is 11.8 Å². The fourth-order valence-corrected chi connectivity index (χ4v) is 2.76. The molecule has 2 heterocycles. The van der Waals surface area contributed by atoms with Crippen molar-refractivity contribution in [2.75, 3.05) is 0 Å². The van der Waals surface area contributed by atoms with Gasteiger partial charge in [0.2, 0.25) is 0 Å². The van der Waals surface area contributed by atoms with Gasteiger partial charge in [-0.15, -0.1) is 0 Å². The van der Waals surface area contributed by atoms with Crippen LogP contribution in [0.2, 0.25) is 5.02 Å². The maximum Gasteiger partial charge on any atom is 0.341 e. The molecule has 1 N–H and O–H groups in total. The van der Waals surface area contributed by atoms with Gasteiger partial charge >= 0.3 is 5.97 Å². The summed E-state index contributed by atoms with van der Waals surface area (Å²) in [6, 6.07) is 14.5. The smallest absolute Gasteiger partial charge is 0.341 e. The largest absolute Gasteiger partial charge is 0.419 e. The van der Waals surface area contributed by atoms with E-state index in [0.29, 0.717) is 21.8 Å². The number of rotatable bonds is 1. The molecule has 5 heteroatoms. The van der Waals surface area contributed by atoms with E-state index in [0.717, 1.165) is 5.56 Å². The first-order valence-electron chi connectivity index (χ1n) is 6.44. The number of ether oxygens (including phenoxy) is 1. The quantitative estimate of drug-likeness (QED) is 0.821. The van der Waals surface area contributed by atoms with Crippen LogP contribution >= 0.6 is 11.6 Å². The van der Waals surface area contributed by atoms with Crippen molar-refractivity contribution in [3.63, 3.8) is 0 Å². The van der Waals surface area contributed by atoms with Gasteiger partial charge in [-0.05, 0) is 18.2 Å². The number of carbonyl (C=O) groups excluding carboxylic acids is 1. The SMILES string of the molecule is O=C1OC2(C=C(c3cccc(Cl)c3)NO2)c2ccccc21. The molecule has 104 valence electrons. The van der Waals surface area contributed by atoms with Gasteiger partial charge in [0.05, 0.1) is 11.3 Å². The molecule has 2 aliphatic rings. The fourth-order valence-electron chi connectivity index (χ4n) is 2.57. The van der Waals surface area contributed by atoms with Crippen molar-refractivity contribution in [2.24, 2.45) is 0 Å². The fraction of sp³-hybridized carbons (Fsp3) is 0.0625. The zero-order valence-corrected chi connectivity index (χ0v) is 11.6. The Morgan fingerprint density at radius 1 is 1.10 bits per heavy atom. The van der Waals surface area contributed by atoms with Gasteiger partial charge in [-0.3, -0.25) is 5.48 Å². The normalized spacial score (nSPS) is 22.7. The monoisotopic (exact) mass is 299 g/mol. The van der Waals surface area contributed by atoms with E-state index >= 15 is 0 Å². The summed E-state index contributed by atoms with van der Waals surface area (Å²) < 4.78 is 5.43. The van der Waals surface area contributed by atoms with E-state index in [2.05, 4.69) is 5.48 Å². The molecule has 0 bridgehead atoms.